The summed E-state index contributed by atoms with van der Waals surface area (Å²) in [6.07, 6.45) is 3.22. The number of carbonyl (C=O) groups is 2. The summed E-state index contributed by atoms with van der Waals surface area (Å²) in [5, 5.41) is 2.95. The SMILES string of the molecule is CCC(CC)C(=O)N1CCC(NC(=O)CCNS(=O)(=O)c2ccc(Br)cc2)CC1. The van der Waals surface area contributed by atoms with Crippen LogP contribution in [0.25, 0.3) is 0 Å². The molecule has 0 aliphatic carbocycles. The number of halogens is 1. The third-order valence-corrected chi connectivity index (χ3v) is 7.28. The smallest absolute Gasteiger partial charge is 0.240 e. The molecule has 2 amide bonds. The van der Waals surface area contributed by atoms with Crippen molar-refractivity contribution in [3.8, 4) is 0 Å². The van der Waals surface area contributed by atoms with E-state index in [0.29, 0.717) is 13.1 Å². The Bertz CT molecular complexity index is 786. The monoisotopic (exact) mass is 487 g/mol. The van der Waals surface area contributed by atoms with E-state index in [-0.39, 0.29) is 41.6 Å². The van der Waals surface area contributed by atoms with Crippen molar-refractivity contribution in [1.29, 1.82) is 0 Å². The number of piperidine rings is 1. The molecule has 1 aromatic carbocycles. The second-order valence-corrected chi connectivity index (χ2v) is 9.96. The highest BCUT2D eigenvalue weighted by Gasteiger charge is 2.27. The van der Waals surface area contributed by atoms with Gasteiger partial charge in [-0.3, -0.25) is 9.59 Å². The molecule has 2 rings (SSSR count). The average molecular weight is 488 g/mol. The number of hydrogen-bond acceptors (Lipinski definition) is 4. The molecule has 0 unspecified atom stereocenters. The highest BCUT2D eigenvalue weighted by molar-refractivity contribution is 9.10. The van der Waals surface area contributed by atoms with Crippen LogP contribution in [0.15, 0.2) is 33.6 Å². The number of sulfonamides is 1. The highest BCUT2D eigenvalue weighted by Crippen LogP contribution is 2.17. The lowest BCUT2D eigenvalue weighted by Gasteiger charge is -2.34. The predicted molar refractivity (Wildman–Crippen MR) is 116 cm³/mol. The van der Waals surface area contributed by atoms with Gasteiger partial charge in [-0.05, 0) is 49.9 Å². The number of amides is 2. The number of nitrogens with zero attached hydrogens (tertiary/aromatic N) is 1. The fourth-order valence-electron chi connectivity index (χ4n) is 3.44. The van der Waals surface area contributed by atoms with Crippen molar-refractivity contribution in [1.82, 2.24) is 14.9 Å². The molecule has 1 aromatic rings. The van der Waals surface area contributed by atoms with Gasteiger partial charge in [-0.15, -0.1) is 0 Å². The lowest BCUT2D eigenvalue weighted by atomic mass is 9.98. The van der Waals surface area contributed by atoms with E-state index in [1.165, 1.54) is 12.1 Å². The third kappa shape index (κ3) is 7.08. The molecule has 0 radical (unpaired) electrons. The van der Waals surface area contributed by atoms with E-state index in [9.17, 15) is 18.0 Å². The van der Waals surface area contributed by atoms with Crippen molar-refractivity contribution in [2.24, 2.45) is 5.92 Å². The normalized spacial score (nSPS) is 15.5. The lowest BCUT2D eigenvalue weighted by molar-refractivity contribution is -0.137. The summed E-state index contributed by atoms with van der Waals surface area (Å²) in [4.78, 5) is 26.7. The highest BCUT2D eigenvalue weighted by atomic mass is 79.9. The van der Waals surface area contributed by atoms with E-state index in [2.05, 4.69) is 26.0 Å². The van der Waals surface area contributed by atoms with E-state index >= 15 is 0 Å². The minimum Gasteiger partial charge on any atom is -0.353 e. The van der Waals surface area contributed by atoms with Gasteiger partial charge in [0.15, 0.2) is 0 Å². The molecule has 9 heteroatoms. The quantitative estimate of drug-likeness (QED) is 0.559. The molecule has 0 spiro atoms. The van der Waals surface area contributed by atoms with Crippen LogP contribution in [0, 0.1) is 5.92 Å². The van der Waals surface area contributed by atoms with Gasteiger partial charge in [0, 0.05) is 42.5 Å². The maximum absolute atomic E-state index is 12.4. The van der Waals surface area contributed by atoms with E-state index in [4.69, 9.17) is 0 Å². The van der Waals surface area contributed by atoms with Crippen molar-refractivity contribution in [3.63, 3.8) is 0 Å². The molecule has 29 heavy (non-hydrogen) atoms. The van der Waals surface area contributed by atoms with Crippen LogP contribution in [0.2, 0.25) is 0 Å². The number of likely N-dealkylation sites (tertiary alicyclic amines) is 1. The first-order chi connectivity index (χ1) is 13.8. The van der Waals surface area contributed by atoms with Crippen LogP contribution in [0.5, 0.6) is 0 Å². The van der Waals surface area contributed by atoms with Crippen LogP contribution in [0.4, 0.5) is 0 Å². The second kappa shape index (κ2) is 11.1. The van der Waals surface area contributed by atoms with Gasteiger partial charge in [-0.1, -0.05) is 29.8 Å². The average Bonchev–Trinajstić information content (AvgIpc) is 2.69. The van der Waals surface area contributed by atoms with Gasteiger partial charge < -0.3 is 10.2 Å². The predicted octanol–water partition coefficient (Wildman–Crippen LogP) is 2.66. The molecular formula is C20H30BrN3O4S. The van der Waals surface area contributed by atoms with Gasteiger partial charge in [0.25, 0.3) is 0 Å². The molecule has 0 aromatic heterocycles. The summed E-state index contributed by atoms with van der Waals surface area (Å²) < 4.78 is 27.7. The fourth-order valence-corrected chi connectivity index (χ4v) is 4.73. The van der Waals surface area contributed by atoms with Crippen molar-refractivity contribution >= 4 is 37.8 Å². The van der Waals surface area contributed by atoms with E-state index in [1.54, 1.807) is 12.1 Å². The van der Waals surface area contributed by atoms with Gasteiger partial charge in [0.2, 0.25) is 21.8 Å². The Balaban J connectivity index is 1.72. The summed E-state index contributed by atoms with van der Waals surface area (Å²) in [5.74, 6) is 0.107. The van der Waals surface area contributed by atoms with Gasteiger partial charge in [0.1, 0.15) is 0 Å². The first-order valence-electron chi connectivity index (χ1n) is 10.1. The molecule has 0 saturated carbocycles. The summed E-state index contributed by atoms with van der Waals surface area (Å²) in [7, 11) is -3.63. The Morgan fingerprint density at radius 3 is 2.28 bits per heavy atom. The summed E-state index contributed by atoms with van der Waals surface area (Å²) >= 11 is 3.27. The summed E-state index contributed by atoms with van der Waals surface area (Å²) in [6, 6.07) is 6.34. The second-order valence-electron chi connectivity index (χ2n) is 7.28. The van der Waals surface area contributed by atoms with Crippen LogP contribution in [0.1, 0.15) is 46.0 Å². The molecule has 1 saturated heterocycles. The zero-order valence-electron chi connectivity index (χ0n) is 17.0. The molecular weight excluding hydrogens is 458 g/mol. The molecule has 2 N–H and O–H groups in total. The van der Waals surface area contributed by atoms with E-state index in [1.807, 2.05) is 18.7 Å². The van der Waals surface area contributed by atoms with Crippen molar-refractivity contribution in [2.45, 2.75) is 56.9 Å². The van der Waals surface area contributed by atoms with Crippen molar-refractivity contribution < 1.29 is 18.0 Å². The summed E-state index contributed by atoms with van der Waals surface area (Å²) in [5.41, 5.74) is 0. The Morgan fingerprint density at radius 1 is 1.14 bits per heavy atom. The Labute approximate surface area is 181 Å². The van der Waals surface area contributed by atoms with Crippen LogP contribution in [0.3, 0.4) is 0 Å². The molecule has 1 fully saturated rings. The number of carbonyl (C=O) groups excluding carboxylic acids is 2. The zero-order chi connectivity index (χ0) is 21.4. The van der Waals surface area contributed by atoms with Gasteiger partial charge >= 0.3 is 0 Å². The van der Waals surface area contributed by atoms with Crippen molar-refractivity contribution in [3.05, 3.63) is 28.7 Å². The molecule has 1 aliphatic rings. The molecule has 7 nitrogen and oxygen atoms in total. The number of benzene rings is 1. The maximum atomic E-state index is 12.4. The molecule has 1 aliphatic heterocycles. The van der Waals surface area contributed by atoms with Crippen molar-refractivity contribution in [2.75, 3.05) is 19.6 Å². The fraction of sp³-hybridized carbons (Fsp3) is 0.600. The maximum Gasteiger partial charge on any atom is 0.240 e. The molecule has 0 bridgehead atoms. The Morgan fingerprint density at radius 2 is 1.72 bits per heavy atom. The number of nitrogens with one attached hydrogen (secondary N) is 2. The van der Waals surface area contributed by atoms with Crippen LogP contribution in [-0.4, -0.2) is 50.8 Å². The van der Waals surface area contributed by atoms with E-state index < -0.39 is 10.0 Å². The Kier molecular flexibility index (Phi) is 9.10. The van der Waals surface area contributed by atoms with Gasteiger partial charge in [-0.2, -0.15) is 0 Å². The minimum absolute atomic E-state index is 0.0244. The molecule has 1 heterocycles. The third-order valence-electron chi connectivity index (χ3n) is 5.27. The topological polar surface area (TPSA) is 95.6 Å². The standard InChI is InChI=1S/C20H30BrN3O4S/c1-3-15(4-2)20(26)24-13-10-17(11-14-24)23-19(25)9-12-22-29(27,28)18-7-5-16(21)6-8-18/h5-8,15,17,22H,3-4,9-14H2,1-2H3,(H,23,25). The van der Waals surface area contributed by atoms with Gasteiger partial charge in [-0.25, -0.2) is 13.1 Å². The van der Waals surface area contributed by atoms with Crippen LogP contribution < -0.4 is 10.0 Å². The first-order valence-corrected chi connectivity index (χ1v) is 12.4. The minimum atomic E-state index is -3.63. The first kappa shape index (κ1) is 23.8. The Hall–Kier alpha value is -1.45. The summed E-state index contributed by atoms with van der Waals surface area (Å²) in [6.45, 7) is 5.40. The van der Waals surface area contributed by atoms with Crippen LogP contribution >= 0.6 is 15.9 Å². The molecule has 0 atom stereocenters. The largest absolute Gasteiger partial charge is 0.353 e. The van der Waals surface area contributed by atoms with Crippen LogP contribution in [-0.2, 0) is 19.6 Å². The van der Waals surface area contributed by atoms with Gasteiger partial charge in [0.05, 0.1) is 4.90 Å². The van der Waals surface area contributed by atoms with E-state index in [0.717, 1.165) is 30.2 Å². The number of rotatable bonds is 9. The number of hydrogen-bond donors (Lipinski definition) is 2. The zero-order valence-corrected chi connectivity index (χ0v) is 19.4. The molecule has 162 valence electrons. The lowest BCUT2D eigenvalue weighted by Crippen LogP contribution is -2.48.